The van der Waals surface area contributed by atoms with Gasteiger partial charge in [-0.25, -0.2) is 4.98 Å². The van der Waals surface area contributed by atoms with Crippen molar-refractivity contribution in [2.24, 2.45) is 0 Å². The summed E-state index contributed by atoms with van der Waals surface area (Å²) in [6.07, 6.45) is 3.99. The molecule has 0 atom stereocenters. The molecule has 70 valence electrons. The second-order valence-electron chi connectivity index (χ2n) is 3.32. The fraction of sp³-hybridized carbons (Fsp3) is 0.444. The van der Waals surface area contributed by atoms with Gasteiger partial charge < -0.3 is 5.32 Å². The molecule has 0 amide bonds. The first-order valence-corrected chi connectivity index (χ1v) is 4.94. The first-order valence-electron chi connectivity index (χ1n) is 4.18. The molecule has 4 heteroatoms. The molecule has 0 radical (unpaired) electrons. The van der Waals surface area contributed by atoms with E-state index in [0.717, 1.165) is 18.4 Å². The standard InChI is InChI=1S/C9H10Cl2N2/c1-12-9(2-3-9)6-5-13-8(11)4-7(6)10/h4-5,12H,2-3H2,1H3. The summed E-state index contributed by atoms with van der Waals surface area (Å²) in [5, 5.41) is 4.41. The molecule has 0 aromatic carbocycles. The Hall–Kier alpha value is -0.310. The molecule has 1 heterocycles. The van der Waals surface area contributed by atoms with Crippen LogP contribution in [0, 0.1) is 0 Å². The van der Waals surface area contributed by atoms with Gasteiger partial charge >= 0.3 is 0 Å². The maximum Gasteiger partial charge on any atom is 0.130 e. The van der Waals surface area contributed by atoms with Crippen LogP contribution in [-0.4, -0.2) is 12.0 Å². The van der Waals surface area contributed by atoms with Gasteiger partial charge in [0.05, 0.1) is 5.02 Å². The van der Waals surface area contributed by atoms with Crippen molar-refractivity contribution in [3.05, 3.63) is 28.0 Å². The zero-order valence-electron chi connectivity index (χ0n) is 7.27. The molecule has 2 nitrogen and oxygen atoms in total. The van der Waals surface area contributed by atoms with Crippen LogP contribution in [0.1, 0.15) is 18.4 Å². The number of hydrogen-bond acceptors (Lipinski definition) is 2. The van der Waals surface area contributed by atoms with Crippen molar-refractivity contribution in [1.29, 1.82) is 0 Å². The van der Waals surface area contributed by atoms with Crippen LogP contribution in [0.5, 0.6) is 0 Å². The third-order valence-corrected chi connectivity index (χ3v) is 3.08. The lowest BCUT2D eigenvalue weighted by Gasteiger charge is -2.15. The molecule has 1 saturated carbocycles. The number of nitrogens with one attached hydrogen (secondary N) is 1. The predicted octanol–water partition coefficient (Wildman–Crippen LogP) is 2.60. The smallest absolute Gasteiger partial charge is 0.130 e. The minimum Gasteiger partial charge on any atom is -0.310 e. The molecule has 0 unspecified atom stereocenters. The van der Waals surface area contributed by atoms with Crippen molar-refractivity contribution in [1.82, 2.24) is 10.3 Å². The van der Waals surface area contributed by atoms with Gasteiger partial charge in [-0.2, -0.15) is 0 Å². The molecule has 1 aliphatic rings. The summed E-state index contributed by atoms with van der Waals surface area (Å²) in [6, 6.07) is 1.69. The number of hydrogen-bond donors (Lipinski definition) is 1. The molecule has 13 heavy (non-hydrogen) atoms. The minimum atomic E-state index is 0.0642. The van der Waals surface area contributed by atoms with Gasteiger partial charge in [-0.3, -0.25) is 0 Å². The van der Waals surface area contributed by atoms with Crippen LogP contribution in [0.3, 0.4) is 0 Å². The fourth-order valence-electron chi connectivity index (χ4n) is 1.54. The Morgan fingerprint density at radius 3 is 2.62 bits per heavy atom. The highest BCUT2D eigenvalue weighted by molar-refractivity contribution is 6.34. The highest BCUT2D eigenvalue weighted by atomic mass is 35.5. The summed E-state index contributed by atoms with van der Waals surface area (Å²) in [4.78, 5) is 4.04. The molecule has 1 aromatic heterocycles. The molecule has 1 fully saturated rings. The Bertz CT molecular complexity index is 334. The SMILES string of the molecule is CNC1(c2cnc(Cl)cc2Cl)CC1. The molecular weight excluding hydrogens is 207 g/mol. The lowest BCUT2D eigenvalue weighted by atomic mass is 10.1. The van der Waals surface area contributed by atoms with Crippen molar-refractivity contribution in [2.45, 2.75) is 18.4 Å². The van der Waals surface area contributed by atoms with Crippen molar-refractivity contribution < 1.29 is 0 Å². The van der Waals surface area contributed by atoms with Crippen molar-refractivity contribution in [2.75, 3.05) is 7.05 Å². The molecule has 1 N–H and O–H groups in total. The molecular formula is C9H10Cl2N2. The molecule has 0 bridgehead atoms. The van der Waals surface area contributed by atoms with Gasteiger partial charge in [-0.15, -0.1) is 0 Å². The average molecular weight is 217 g/mol. The van der Waals surface area contributed by atoms with Gasteiger partial charge in [-0.1, -0.05) is 23.2 Å². The summed E-state index contributed by atoms with van der Waals surface area (Å²) < 4.78 is 0. The molecule has 1 aliphatic carbocycles. The van der Waals surface area contributed by atoms with Crippen LogP contribution in [0.15, 0.2) is 12.3 Å². The van der Waals surface area contributed by atoms with E-state index in [1.54, 1.807) is 12.3 Å². The van der Waals surface area contributed by atoms with Gasteiger partial charge in [-0.05, 0) is 26.0 Å². The average Bonchev–Trinajstić information content (AvgIpc) is 2.85. The summed E-state index contributed by atoms with van der Waals surface area (Å²) in [6.45, 7) is 0. The van der Waals surface area contributed by atoms with Gasteiger partial charge in [0.25, 0.3) is 0 Å². The predicted molar refractivity (Wildman–Crippen MR) is 54.2 cm³/mol. The van der Waals surface area contributed by atoms with Crippen LogP contribution in [0.25, 0.3) is 0 Å². The summed E-state index contributed by atoms with van der Waals surface area (Å²) >= 11 is 11.8. The molecule has 1 aromatic rings. The summed E-state index contributed by atoms with van der Waals surface area (Å²) in [5.74, 6) is 0. The van der Waals surface area contributed by atoms with E-state index in [4.69, 9.17) is 23.2 Å². The van der Waals surface area contributed by atoms with E-state index in [1.165, 1.54) is 0 Å². The van der Waals surface area contributed by atoms with Gasteiger partial charge in [0.15, 0.2) is 0 Å². The monoisotopic (exact) mass is 216 g/mol. The van der Waals surface area contributed by atoms with Crippen molar-refractivity contribution in [3.63, 3.8) is 0 Å². The summed E-state index contributed by atoms with van der Waals surface area (Å²) in [7, 11) is 1.94. The number of rotatable bonds is 2. The quantitative estimate of drug-likeness (QED) is 0.770. The zero-order chi connectivity index (χ0) is 9.47. The van der Waals surface area contributed by atoms with Crippen LogP contribution in [0.4, 0.5) is 0 Å². The van der Waals surface area contributed by atoms with E-state index in [9.17, 15) is 0 Å². The summed E-state index contributed by atoms with van der Waals surface area (Å²) in [5.41, 5.74) is 1.12. The number of aromatic nitrogens is 1. The maximum absolute atomic E-state index is 6.07. The first kappa shape index (κ1) is 9.25. The zero-order valence-corrected chi connectivity index (χ0v) is 8.78. The topological polar surface area (TPSA) is 24.9 Å². The Balaban J connectivity index is 2.41. The van der Waals surface area contributed by atoms with Gasteiger partial charge in [0.2, 0.25) is 0 Å². The second kappa shape index (κ2) is 3.12. The van der Waals surface area contributed by atoms with E-state index in [0.29, 0.717) is 10.2 Å². The Labute approximate surface area is 87.3 Å². The normalized spacial score (nSPS) is 18.7. The number of halogens is 2. The van der Waals surface area contributed by atoms with Crippen molar-refractivity contribution >= 4 is 23.2 Å². The third kappa shape index (κ3) is 1.54. The highest BCUT2D eigenvalue weighted by Crippen LogP contribution is 2.47. The largest absolute Gasteiger partial charge is 0.310 e. The van der Waals surface area contributed by atoms with E-state index in [2.05, 4.69) is 10.3 Å². The van der Waals surface area contributed by atoms with Crippen LogP contribution in [-0.2, 0) is 5.54 Å². The van der Waals surface area contributed by atoms with E-state index in [-0.39, 0.29) is 5.54 Å². The van der Waals surface area contributed by atoms with E-state index in [1.807, 2.05) is 7.05 Å². The first-order chi connectivity index (χ1) is 6.18. The van der Waals surface area contributed by atoms with Crippen LogP contribution >= 0.6 is 23.2 Å². The molecule has 2 rings (SSSR count). The molecule has 0 spiro atoms. The molecule has 0 aliphatic heterocycles. The second-order valence-corrected chi connectivity index (χ2v) is 4.11. The van der Waals surface area contributed by atoms with Gasteiger partial charge in [0.1, 0.15) is 5.15 Å². The number of nitrogens with zero attached hydrogens (tertiary/aromatic N) is 1. The minimum absolute atomic E-state index is 0.0642. The lowest BCUT2D eigenvalue weighted by Crippen LogP contribution is -2.24. The third-order valence-electron chi connectivity index (χ3n) is 2.56. The Morgan fingerprint density at radius 2 is 2.15 bits per heavy atom. The van der Waals surface area contributed by atoms with Crippen molar-refractivity contribution in [3.8, 4) is 0 Å². The van der Waals surface area contributed by atoms with Crippen LogP contribution < -0.4 is 5.32 Å². The lowest BCUT2D eigenvalue weighted by molar-refractivity contribution is 0.583. The molecule has 0 saturated heterocycles. The highest BCUT2D eigenvalue weighted by Gasteiger charge is 2.44. The maximum atomic E-state index is 6.07. The Kier molecular flexibility index (Phi) is 2.22. The number of pyridine rings is 1. The van der Waals surface area contributed by atoms with Gasteiger partial charge in [0, 0.05) is 17.3 Å². The van der Waals surface area contributed by atoms with E-state index >= 15 is 0 Å². The fourth-order valence-corrected chi connectivity index (χ4v) is 2.09. The van der Waals surface area contributed by atoms with E-state index < -0.39 is 0 Å². The Morgan fingerprint density at radius 1 is 1.46 bits per heavy atom. The van der Waals surface area contributed by atoms with Crippen LogP contribution in [0.2, 0.25) is 10.2 Å².